The third-order valence-corrected chi connectivity index (χ3v) is 5.54. The van der Waals surface area contributed by atoms with Crippen LogP contribution in [0.1, 0.15) is 51.7 Å². The second-order valence-electron chi connectivity index (χ2n) is 8.27. The second kappa shape index (κ2) is 9.04. The Bertz CT molecular complexity index is 1250. The van der Waals surface area contributed by atoms with Gasteiger partial charge in [-0.05, 0) is 31.5 Å². The van der Waals surface area contributed by atoms with Gasteiger partial charge in [0.15, 0.2) is 5.82 Å². The number of nitrogens with zero attached hydrogens (tertiary/aromatic N) is 2. The molecule has 1 aliphatic rings. The first-order valence-electron chi connectivity index (χ1n) is 10.5. The topological polar surface area (TPSA) is 154 Å². The first-order valence-corrected chi connectivity index (χ1v) is 10.5. The van der Waals surface area contributed by atoms with Crippen molar-refractivity contribution in [2.75, 3.05) is 17.2 Å². The van der Waals surface area contributed by atoms with Crippen molar-refractivity contribution >= 4 is 29.3 Å². The summed E-state index contributed by atoms with van der Waals surface area (Å²) < 4.78 is 15.3. The van der Waals surface area contributed by atoms with Crippen molar-refractivity contribution < 1.29 is 19.1 Å². The van der Waals surface area contributed by atoms with Crippen molar-refractivity contribution in [3.8, 4) is 0 Å². The molecule has 176 valence electrons. The van der Waals surface area contributed by atoms with Gasteiger partial charge in [-0.1, -0.05) is 30.3 Å². The Balaban J connectivity index is 1.69. The van der Waals surface area contributed by atoms with Gasteiger partial charge in [-0.25, -0.2) is 15.2 Å². The van der Waals surface area contributed by atoms with Gasteiger partial charge in [-0.3, -0.25) is 15.0 Å². The minimum atomic E-state index is -0.880. The highest BCUT2D eigenvalue weighted by Gasteiger charge is 2.38. The number of carbonyl (C=O) groups is 2. The Kier molecular flexibility index (Phi) is 6.14. The summed E-state index contributed by atoms with van der Waals surface area (Å²) in [7, 11) is 0. The number of carbonyl (C=O) groups excluding carboxylic acids is 2. The monoisotopic (exact) mass is 465 g/mol. The van der Waals surface area contributed by atoms with Gasteiger partial charge in [0.2, 0.25) is 5.95 Å². The van der Waals surface area contributed by atoms with Gasteiger partial charge in [0, 0.05) is 17.3 Å². The van der Waals surface area contributed by atoms with Crippen LogP contribution in [0.25, 0.3) is 0 Å². The lowest BCUT2D eigenvalue weighted by Gasteiger charge is -2.21. The van der Waals surface area contributed by atoms with Crippen LogP contribution < -0.4 is 27.2 Å². The molecule has 2 amide bonds. The predicted molar refractivity (Wildman–Crippen MR) is 124 cm³/mol. The Morgan fingerprint density at radius 3 is 2.65 bits per heavy atom. The molecule has 0 saturated heterocycles. The Labute approximate surface area is 194 Å². The maximum Gasteiger partial charge on any atom is 0.270 e. The number of aliphatic hydroxyl groups excluding tert-OH is 1. The largest absolute Gasteiger partial charge is 0.394 e. The fourth-order valence-corrected chi connectivity index (χ4v) is 3.89. The number of halogens is 1. The average Bonchev–Trinajstić information content (AvgIpc) is 3.07. The molecule has 1 aromatic heterocycles. The number of aliphatic hydroxyl groups is 1. The molecule has 2 heterocycles. The molecule has 0 radical (unpaired) electrons. The first kappa shape index (κ1) is 23.1. The Morgan fingerprint density at radius 2 is 1.97 bits per heavy atom. The molecular weight excluding hydrogens is 441 g/mol. The van der Waals surface area contributed by atoms with E-state index in [0.717, 1.165) is 5.56 Å². The SMILES string of the molecule is CC1(C)NC(=O)c2ccc(Nc3ncc(C(=O)NN)c(N[C@H](CO)c4ccccc4)n3)c(F)c21. The van der Waals surface area contributed by atoms with Gasteiger partial charge < -0.3 is 21.1 Å². The second-order valence-corrected chi connectivity index (χ2v) is 8.27. The van der Waals surface area contributed by atoms with Crippen LogP contribution in [-0.2, 0) is 5.54 Å². The summed E-state index contributed by atoms with van der Waals surface area (Å²) in [4.78, 5) is 32.8. The van der Waals surface area contributed by atoms with Crippen LogP contribution in [0.4, 0.5) is 21.8 Å². The van der Waals surface area contributed by atoms with E-state index in [4.69, 9.17) is 5.84 Å². The number of hydrogen-bond donors (Lipinski definition) is 6. The van der Waals surface area contributed by atoms with E-state index < -0.39 is 23.3 Å². The maximum atomic E-state index is 15.3. The highest BCUT2D eigenvalue weighted by Crippen LogP contribution is 2.36. The molecule has 4 rings (SSSR count). The van der Waals surface area contributed by atoms with Crippen LogP contribution in [0.15, 0.2) is 48.7 Å². The summed E-state index contributed by atoms with van der Waals surface area (Å²) >= 11 is 0. The van der Waals surface area contributed by atoms with Gasteiger partial charge >= 0.3 is 0 Å². The molecule has 11 heteroatoms. The summed E-state index contributed by atoms with van der Waals surface area (Å²) in [6.07, 6.45) is 1.24. The van der Waals surface area contributed by atoms with Crippen LogP contribution in [0.5, 0.6) is 0 Å². The van der Waals surface area contributed by atoms with Gasteiger partial charge in [0.25, 0.3) is 11.8 Å². The molecule has 1 aliphatic heterocycles. The van der Waals surface area contributed by atoms with Gasteiger partial charge in [0.1, 0.15) is 11.4 Å². The van der Waals surface area contributed by atoms with Crippen molar-refractivity contribution in [3.63, 3.8) is 0 Å². The van der Waals surface area contributed by atoms with Crippen molar-refractivity contribution in [1.29, 1.82) is 0 Å². The van der Waals surface area contributed by atoms with Crippen molar-refractivity contribution in [2.45, 2.75) is 25.4 Å². The molecule has 10 nitrogen and oxygen atoms in total. The van der Waals surface area contributed by atoms with E-state index in [9.17, 15) is 14.7 Å². The molecule has 34 heavy (non-hydrogen) atoms. The summed E-state index contributed by atoms with van der Waals surface area (Å²) in [5.41, 5.74) is 2.52. The molecular formula is C23H24FN7O3. The summed E-state index contributed by atoms with van der Waals surface area (Å²) in [6.45, 7) is 3.14. The van der Waals surface area contributed by atoms with Crippen LogP contribution in [-0.4, -0.2) is 33.5 Å². The lowest BCUT2D eigenvalue weighted by Crippen LogP contribution is -2.33. The normalized spacial score (nSPS) is 14.7. The van der Waals surface area contributed by atoms with E-state index in [1.807, 2.05) is 35.8 Å². The lowest BCUT2D eigenvalue weighted by molar-refractivity contribution is 0.0936. The number of benzene rings is 2. The maximum absolute atomic E-state index is 15.3. The minimum Gasteiger partial charge on any atom is -0.394 e. The smallest absolute Gasteiger partial charge is 0.270 e. The molecule has 0 aliphatic carbocycles. The number of nitrogens with two attached hydrogens (primary N) is 1. The van der Waals surface area contributed by atoms with E-state index in [2.05, 4.69) is 25.9 Å². The zero-order chi connectivity index (χ0) is 24.5. The number of hydrogen-bond acceptors (Lipinski definition) is 8. The number of nitrogens with one attached hydrogen (secondary N) is 4. The van der Waals surface area contributed by atoms with Crippen molar-refractivity contribution in [2.24, 2.45) is 5.84 Å². The van der Waals surface area contributed by atoms with Crippen LogP contribution in [0, 0.1) is 5.82 Å². The number of hydrazine groups is 1. The molecule has 0 saturated carbocycles. The molecule has 1 atom stereocenters. The standard InChI is InChI=1S/C23H24FN7O3/c1-23(2)17-13(20(33)30-23)8-9-15(18(17)24)28-22-26-10-14(21(34)31-25)19(29-22)27-16(11-32)12-6-4-3-5-7-12/h3-10,16,32H,11,25H2,1-2H3,(H,30,33)(H,31,34)(H2,26,27,28,29)/t16-/m1/s1. The number of amides is 2. The molecule has 0 unspecified atom stereocenters. The summed E-state index contributed by atoms with van der Waals surface area (Å²) in [6, 6.07) is 11.5. The zero-order valence-corrected chi connectivity index (χ0v) is 18.5. The molecule has 7 N–H and O–H groups in total. The molecule has 2 aromatic carbocycles. The Morgan fingerprint density at radius 1 is 1.24 bits per heavy atom. The predicted octanol–water partition coefficient (Wildman–Crippen LogP) is 2.09. The fraction of sp³-hybridized carbons (Fsp3) is 0.217. The fourth-order valence-electron chi connectivity index (χ4n) is 3.89. The van der Waals surface area contributed by atoms with Crippen LogP contribution >= 0.6 is 0 Å². The molecule has 0 fully saturated rings. The third kappa shape index (κ3) is 4.26. The Hall–Kier alpha value is -4.09. The van der Waals surface area contributed by atoms with Crippen LogP contribution in [0.3, 0.4) is 0 Å². The van der Waals surface area contributed by atoms with Crippen molar-refractivity contribution in [3.05, 3.63) is 76.7 Å². The zero-order valence-electron chi connectivity index (χ0n) is 18.5. The van der Waals surface area contributed by atoms with Gasteiger partial charge in [-0.15, -0.1) is 0 Å². The van der Waals surface area contributed by atoms with Crippen LogP contribution in [0.2, 0.25) is 0 Å². The average molecular weight is 465 g/mol. The quantitative estimate of drug-likeness (QED) is 0.176. The highest BCUT2D eigenvalue weighted by atomic mass is 19.1. The van der Waals surface area contributed by atoms with Gasteiger partial charge in [-0.2, -0.15) is 4.98 Å². The van der Waals surface area contributed by atoms with E-state index in [-0.39, 0.29) is 46.7 Å². The van der Waals surface area contributed by atoms with E-state index in [1.54, 1.807) is 13.8 Å². The summed E-state index contributed by atoms with van der Waals surface area (Å²) in [5, 5.41) is 18.5. The van der Waals surface area contributed by atoms with Crippen molar-refractivity contribution in [1.82, 2.24) is 20.7 Å². The molecule has 0 spiro atoms. The number of nitrogen functional groups attached to an aromatic ring is 1. The molecule has 0 bridgehead atoms. The number of rotatable bonds is 7. The number of anilines is 3. The minimum absolute atomic E-state index is 0.00485. The van der Waals surface area contributed by atoms with E-state index >= 15 is 4.39 Å². The third-order valence-electron chi connectivity index (χ3n) is 5.54. The van der Waals surface area contributed by atoms with E-state index in [0.29, 0.717) is 0 Å². The van der Waals surface area contributed by atoms with E-state index in [1.165, 1.54) is 18.3 Å². The number of aromatic nitrogens is 2. The summed E-state index contributed by atoms with van der Waals surface area (Å²) in [5.74, 6) is 3.77. The molecule has 3 aromatic rings. The van der Waals surface area contributed by atoms with Gasteiger partial charge in [0.05, 0.1) is 23.9 Å². The highest BCUT2D eigenvalue weighted by molar-refractivity contribution is 6.00. The lowest BCUT2D eigenvalue weighted by atomic mass is 9.93. The number of fused-ring (bicyclic) bond motifs is 1. The first-order chi connectivity index (χ1) is 16.2.